The van der Waals surface area contributed by atoms with Crippen molar-refractivity contribution in [2.45, 2.75) is 31.3 Å². The molecule has 0 bridgehead atoms. The zero-order valence-electron chi connectivity index (χ0n) is 14.5. The Balaban J connectivity index is 1.39. The van der Waals surface area contributed by atoms with Gasteiger partial charge in [-0.3, -0.25) is 4.90 Å². The number of nitrogen functional groups attached to an aromatic ring is 1. The molecule has 25 heavy (non-hydrogen) atoms. The van der Waals surface area contributed by atoms with Gasteiger partial charge in [0.05, 0.1) is 5.69 Å². The predicted octanol–water partition coefficient (Wildman–Crippen LogP) is 1.59. The highest BCUT2D eigenvalue weighted by molar-refractivity contribution is 5.45. The van der Waals surface area contributed by atoms with Crippen LogP contribution >= 0.6 is 0 Å². The second kappa shape index (κ2) is 6.98. The molecule has 6 nitrogen and oxygen atoms in total. The fourth-order valence-electron chi connectivity index (χ4n) is 3.72. The van der Waals surface area contributed by atoms with Crippen LogP contribution in [0.2, 0.25) is 0 Å². The summed E-state index contributed by atoms with van der Waals surface area (Å²) >= 11 is 0. The number of piperazine rings is 1. The smallest absolute Gasteiger partial charge is 0.222 e. The van der Waals surface area contributed by atoms with E-state index in [2.05, 4.69) is 56.2 Å². The first kappa shape index (κ1) is 16.3. The second-order valence-corrected chi connectivity index (χ2v) is 7.19. The Labute approximate surface area is 148 Å². The van der Waals surface area contributed by atoms with Gasteiger partial charge in [-0.15, -0.1) is 0 Å². The van der Waals surface area contributed by atoms with E-state index in [1.54, 1.807) is 0 Å². The van der Waals surface area contributed by atoms with Crippen molar-refractivity contribution in [3.63, 3.8) is 0 Å². The summed E-state index contributed by atoms with van der Waals surface area (Å²) in [4.78, 5) is 13.7. The van der Waals surface area contributed by atoms with Crippen LogP contribution in [0.4, 0.5) is 11.8 Å². The lowest BCUT2D eigenvalue weighted by Crippen LogP contribution is -2.46. The Morgan fingerprint density at radius 2 is 1.72 bits per heavy atom. The maximum atomic E-state index is 5.96. The highest BCUT2D eigenvalue weighted by Crippen LogP contribution is 2.36. The lowest BCUT2D eigenvalue weighted by Gasteiger charge is -2.36. The monoisotopic (exact) mass is 338 g/mol. The molecule has 0 radical (unpaired) electrons. The van der Waals surface area contributed by atoms with Crippen LogP contribution in [0.25, 0.3) is 0 Å². The van der Waals surface area contributed by atoms with E-state index in [1.807, 2.05) is 0 Å². The molecule has 0 amide bonds. The number of aromatic nitrogens is 2. The summed E-state index contributed by atoms with van der Waals surface area (Å²) in [5.41, 5.74) is 14.3. The van der Waals surface area contributed by atoms with Crippen molar-refractivity contribution >= 4 is 11.8 Å². The van der Waals surface area contributed by atoms with Gasteiger partial charge in [0, 0.05) is 50.7 Å². The summed E-state index contributed by atoms with van der Waals surface area (Å²) in [6.07, 6.45) is 2.00. The lowest BCUT2D eigenvalue weighted by molar-refractivity contribution is 0.249. The van der Waals surface area contributed by atoms with Gasteiger partial charge in [0.25, 0.3) is 0 Å². The van der Waals surface area contributed by atoms with Crippen LogP contribution in [-0.2, 0) is 6.54 Å². The van der Waals surface area contributed by atoms with Crippen LogP contribution < -0.4 is 16.4 Å². The third kappa shape index (κ3) is 3.75. The molecule has 2 fully saturated rings. The SMILES string of the molecule is Nc1nc(C2CC(N)C2)cc(N2CCN(Cc3ccccc3)CC2)n1. The second-order valence-electron chi connectivity index (χ2n) is 7.19. The van der Waals surface area contributed by atoms with Gasteiger partial charge in [-0.2, -0.15) is 4.98 Å². The Morgan fingerprint density at radius 1 is 1.00 bits per heavy atom. The number of hydrogen-bond acceptors (Lipinski definition) is 6. The van der Waals surface area contributed by atoms with Crippen molar-refractivity contribution in [2.24, 2.45) is 5.73 Å². The van der Waals surface area contributed by atoms with E-state index in [-0.39, 0.29) is 0 Å². The van der Waals surface area contributed by atoms with E-state index in [4.69, 9.17) is 11.5 Å². The minimum absolute atomic E-state index is 0.311. The first-order chi connectivity index (χ1) is 12.2. The van der Waals surface area contributed by atoms with Crippen LogP contribution in [0.15, 0.2) is 36.4 Å². The predicted molar refractivity (Wildman–Crippen MR) is 100 cm³/mol. The average molecular weight is 338 g/mol. The summed E-state index contributed by atoms with van der Waals surface area (Å²) < 4.78 is 0. The molecule has 1 aliphatic carbocycles. The van der Waals surface area contributed by atoms with Crippen LogP contribution in [0.3, 0.4) is 0 Å². The zero-order valence-corrected chi connectivity index (χ0v) is 14.5. The van der Waals surface area contributed by atoms with Crippen molar-refractivity contribution in [3.8, 4) is 0 Å². The Morgan fingerprint density at radius 3 is 2.40 bits per heavy atom. The Kier molecular flexibility index (Phi) is 4.55. The van der Waals surface area contributed by atoms with Gasteiger partial charge in [0.2, 0.25) is 5.95 Å². The summed E-state index contributed by atoms with van der Waals surface area (Å²) in [7, 11) is 0. The van der Waals surface area contributed by atoms with Gasteiger partial charge in [0.1, 0.15) is 5.82 Å². The van der Waals surface area contributed by atoms with E-state index in [0.29, 0.717) is 17.9 Å². The maximum Gasteiger partial charge on any atom is 0.222 e. The van der Waals surface area contributed by atoms with Gasteiger partial charge in [-0.1, -0.05) is 30.3 Å². The van der Waals surface area contributed by atoms with Crippen molar-refractivity contribution in [2.75, 3.05) is 36.8 Å². The molecular weight excluding hydrogens is 312 g/mol. The molecule has 132 valence electrons. The van der Waals surface area contributed by atoms with E-state index in [1.165, 1.54) is 5.56 Å². The highest BCUT2D eigenvalue weighted by Gasteiger charge is 2.29. The number of anilines is 2. The van der Waals surface area contributed by atoms with Gasteiger partial charge in [-0.05, 0) is 18.4 Å². The Bertz CT molecular complexity index is 705. The molecule has 1 aromatic heterocycles. The zero-order chi connectivity index (χ0) is 17.2. The maximum absolute atomic E-state index is 5.96. The molecule has 1 aromatic carbocycles. The fraction of sp³-hybridized carbons (Fsp3) is 0.474. The summed E-state index contributed by atoms with van der Waals surface area (Å²) in [5, 5.41) is 0. The Hall–Kier alpha value is -2.18. The van der Waals surface area contributed by atoms with Crippen molar-refractivity contribution in [1.82, 2.24) is 14.9 Å². The summed E-state index contributed by atoms with van der Waals surface area (Å²) in [6, 6.07) is 13.1. The summed E-state index contributed by atoms with van der Waals surface area (Å²) in [5.74, 6) is 1.78. The molecular formula is C19H26N6. The number of nitrogens with two attached hydrogens (primary N) is 2. The number of rotatable bonds is 4. The van der Waals surface area contributed by atoms with Crippen LogP contribution in [-0.4, -0.2) is 47.1 Å². The summed E-state index contributed by atoms with van der Waals surface area (Å²) in [6.45, 7) is 5.00. The minimum atomic E-state index is 0.311. The third-order valence-electron chi connectivity index (χ3n) is 5.29. The number of benzene rings is 1. The molecule has 6 heteroatoms. The first-order valence-electron chi connectivity index (χ1n) is 9.08. The average Bonchev–Trinajstić information content (AvgIpc) is 2.60. The largest absolute Gasteiger partial charge is 0.368 e. The quantitative estimate of drug-likeness (QED) is 0.881. The standard InChI is InChI=1S/C19H26N6/c20-16-10-15(11-16)17-12-18(23-19(21)22-17)25-8-6-24(7-9-25)13-14-4-2-1-3-5-14/h1-5,12,15-16H,6-11,13,20H2,(H2,21,22,23). The molecule has 4 rings (SSSR count). The molecule has 4 N–H and O–H groups in total. The van der Waals surface area contributed by atoms with Crippen LogP contribution in [0, 0.1) is 0 Å². The first-order valence-corrected chi connectivity index (χ1v) is 9.08. The van der Waals surface area contributed by atoms with E-state index >= 15 is 0 Å². The third-order valence-corrected chi connectivity index (χ3v) is 5.29. The molecule has 0 atom stereocenters. The minimum Gasteiger partial charge on any atom is -0.368 e. The topological polar surface area (TPSA) is 84.3 Å². The molecule has 2 aliphatic rings. The highest BCUT2D eigenvalue weighted by atomic mass is 15.3. The van der Waals surface area contributed by atoms with Gasteiger partial charge in [-0.25, -0.2) is 4.98 Å². The molecule has 2 aromatic rings. The molecule has 1 saturated carbocycles. The van der Waals surface area contributed by atoms with E-state index in [9.17, 15) is 0 Å². The number of nitrogens with zero attached hydrogens (tertiary/aromatic N) is 4. The van der Waals surface area contributed by atoms with Gasteiger partial charge in [0.15, 0.2) is 0 Å². The van der Waals surface area contributed by atoms with Gasteiger partial charge < -0.3 is 16.4 Å². The lowest BCUT2D eigenvalue weighted by atomic mass is 9.78. The molecule has 1 saturated heterocycles. The van der Waals surface area contributed by atoms with Crippen LogP contribution in [0.5, 0.6) is 0 Å². The van der Waals surface area contributed by atoms with E-state index < -0.39 is 0 Å². The molecule has 0 spiro atoms. The van der Waals surface area contributed by atoms with Crippen molar-refractivity contribution < 1.29 is 0 Å². The van der Waals surface area contributed by atoms with Crippen LogP contribution in [0.1, 0.15) is 30.0 Å². The van der Waals surface area contributed by atoms with Crippen molar-refractivity contribution in [1.29, 1.82) is 0 Å². The molecule has 2 heterocycles. The normalized spacial score (nSPS) is 24.1. The van der Waals surface area contributed by atoms with E-state index in [0.717, 1.165) is 57.1 Å². The van der Waals surface area contributed by atoms with Gasteiger partial charge >= 0.3 is 0 Å². The van der Waals surface area contributed by atoms with Crippen molar-refractivity contribution in [3.05, 3.63) is 47.7 Å². The molecule has 1 aliphatic heterocycles. The molecule has 0 unspecified atom stereocenters. The fourth-order valence-corrected chi connectivity index (χ4v) is 3.72. The number of hydrogen-bond donors (Lipinski definition) is 2.